The zero-order valence-electron chi connectivity index (χ0n) is 13.3. The van der Waals surface area contributed by atoms with Crippen molar-refractivity contribution in [1.82, 2.24) is 0 Å². The van der Waals surface area contributed by atoms with Crippen LogP contribution in [0.15, 0.2) is 42.5 Å². The number of hydrogen-bond donors (Lipinski definition) is 0. The van der Waals surface area contributed by atoms with E-state index in [4.69, 9.17) is 4.74 Å². The highest BCUT2D eigenvalue weighted by molar-refractivity contribution is 5.51. The maximum absolute atomic E-state index is 14.2. The van der Waals surface area contributed by atoms with E-state index < -0.39 is 11.6 Å². The highest BCUT2D eigenvalue weighted by atomic mass is 19.1. The molecule has 1 aliphatic heterocycles. The Bertz CT molecular complexity index is 652. The topological polar surface area (TPSA) is 12.5 Å². The van der Waals surface area contributed by atoms with E-state index in [0.29, 0.717) is 11.6 Å². The summed E-state index contributed by atoms with van der Waals surface area (Å²) in [5, 5.41) is 0. The normalized spacial score (nSPS) is 15.7. The third-order valence-electron chi connectivity index (χ3n) is 4.54. The van der Waals surface area contributed by atoms with Crippen molar-refractivity contribution in [2.45, 2.75) is 19.3 Å². The standard InChI is InChI=1S/C19H21F2NO/c1-23-19-13-16(20)18(12-17(19)21)22-9-7-15(8-10-22)11-14-5-3-2-4-6-14/h2-6,12-13,15H,7-11H2,1H3. The monoisotopic (exact) mass is 317 g/mol. The molecule has 0 bridgehead atoms. The Balaban J connectivity index is 1.64. The van der Waals surface area contributed by atoms with Gasteiger partial charge in [0.05, 0.1) is 12.8 Å². The smallest absolute Gasteiger partial charge is 0.167 e. The highest BCUT2D eigenvalue weighted by Gasteiger charge is 2.23. The van der Waals surface area contributed by atoms with E-state index in [1.54, 1.807) is 0 Å². The first-order chi connectivity index (χ1) is 11.2. The van der Waals surface area contributed by atoms with E-state index in [-0.39, 0.29) is 5.75 Å². The van der Waals surface area contributed by atoms with Gasteiger partial charge in [0.25, 0.3) is 0 Å². The van der Waals surface area contributed by atoms with Gasteiger partial charge in [-0.25, -0.2) is 8.78 Å². The summed E-state index contributed by atoms with van der Waals surface area (Å²) in [5.41, 5.74) is 1.68. The maximum atomic E-state index is 14.2. The summed E-state index contributed by atoms with van der Waals surface area (Å²) in [6.45, 7) is 1.50. The van der Waals surface area contributed by atoms with Crippen molar-refractivity contribution in [3.63, 3.8) is 0 Å². The van der Waals surface area contributed by atoms with Gasteiger partial charge in [-0.1, -0.05) is 30.3 Å². The van der Waals surface area contributed by atoms with Crippen LogP contribution >= 0.6 is 0 Å². The number of anilines is 1. The molecule has 1 fully saturated rings. The minimum Gasteiger partial charge on any atom is -0.494 e. The Kier molecular flexibility index (Phi) is 4.79. The van der Waals surface area contributed by atoms with Crippen molar-refractivity contribution in [3.05, 3.63) is 59.7 Å². The molecule has 0 aromatic heterocycles. The van der Waals surface area contributed by atoms with E-state index >= 15 is 0 Å². The number of hydrogen-bond acceptors (Lipinski definition) is 2. The SMILES string of the molecule is COc1cc(F)c(N2CCC(Cc3ccccc3)CC2)cc1F. The number of ether oxygens (including phenoxy) is 1. The predicted molar refractivity (Wildman–Crippen MR) is 88.0 cm³/mol. The van der Waals surface area contributed by atoms with Crippen molar-refractivity contribution in [2.24, 2.45) is 5.92 Å². The van der Waals surface area contributed by atoms with Crippen molar-refractivity contribution in [1.29, 1.82) is 0 Å². The number of methoxy groups -OCH3 is 1. The van der Waals surface area contributed by atoms with Crippen LogP contribution in [0.3, 0.4) is 0 Å². The van der Waals surface area contributed by atoms with Crippen LogP contribution in [0.1, 0.15) is 18.4 Å². The van der Waals surface area contributed by atoms with Crippen molar-refractivity contribution >= 4 is 5.69 Å². The predicted octanol–water partition coefficient (Wildman–Crippen LogP) is 4.43. The molecule has 1 saturated heterocycles. The molecule has 2 nitrogen and oxygen atoms in total. The van der Waals surface area contributed by atoms with Crippen molar-refractivity contribution < 1.29 is 13.5 Å². The second-order valence-electron chi connectivity index (χ2n) is 6.06. The Labute approximate surface area is 135 Å². The van der Waals surface area contributed by atoms with Gasteiger partial charge in [0, 0.05) is 25.2 Å². The van der Waals surface area contributed by atoms with Gasteiger partial charge in [0.2, 0.25) is 0 Å². The van der Waals surface area contributed by atoms with Crippen LogP contribution in [0.4, 0.5) is 14.5 Å². The summed E-state index contributed by atoms with van der Waals surface area (Å²) in [7, 11) is 1.34. The summed E-state index contributed by atoms with van der Waals surface area (Å²) >= 11 is 0. The van der Waals surface area contributed by atoms with Crippen LogP contribution in [0.5, 0.6) is 5.75 Å². The summed E-state index contributed by atoms with van der Waals surface area (Å²) in [6, 6.07) is 12.8. The molecule has 0 atom stereocenters. The van der Waals surface area contributed by atoms with Gasteiger partial charge in [-0.05, 0) is 30.7 Å². The van der Waals surface area contributed by atoms with Crippen LogP contribution in [-0.4, -0.2) is 20.2 Å². The molecule has 3 rings (SSSR count). The zero-order valence-corrected chi connectivity index (χ0v) is 13.3. The molecule has 2 aromatic rings. The van der Waals surface area contributed by atoms with Gasteiger partial charge >= 0.3 is 0 Å². The summed E-state index contributed by atoms with van der Waals surface area (Å²) in [5.74, 6) is -0.398. The first-order valence-electron chi connectivity index (χ1n) is 7.99. The van der Waals surface area contributed by atoms with Crippen LogP contribution in [0, 0.1) is 17.6 Å². The maximum Gasteiger partial charge on any atom is 0.167 e. The molecule has 0 spiro atoms. The molecular weight excluding hydrogens is 296 g/mol. The lowest BCUT2D eigenvalue weighted by molar-refractivity contribution is 0.380. The fourth-order valence-electron chi connectivity index (χ4n) is 3.24. The van der Waals surface area contributed by atoms with E-state index in [0.717, 1.165) is 38.4 Å². The van der Waals surface area contributed by atoms with Gasteiger partial charge in [-0.3, -0.25) is 0 Å². The number of nitrogens with zero attached hydrogens (tertiary/aromatic N) is 1. The summed E-state index contributed by atoms with van der Waals surface area (Å²) < 4.78 is 32.8. The molecular formula is C19H21F2NO. The lowest BCUT2D eigenvalue weighted by Gasteiger charge is -2.34. The van der Waals surface area contributed by atoms with Gasteiger partial charge < -0.3 is 9.64 Å². The molecule has 0 N–H and O–H groups in total. The minimum absolute atomic E-state index is 0.0507. The largest absolute Gasteiger partial charge is 0.494 e. The highest BCUT2D eigenvalue weighted by Crippen LogP contribution is 2.31. The van der Waals surface area contributed by atoms with Gasteiger partial charge in [0.1, 0.15) is 5.82 Å². The molecule has 0 saturated carbocycles. The Morgan fingerprint density at radius 2 is 1.74 bits per heavy atom. The number of benzene rings is 2. The Morgan fingerprint density at radius 1 is 1.04 bits per heavy atom. The fourth-order valence-corrected chi connectivity index (χ4v) is 3.24. The Morgan fingerprint density at radius 3 is 2.39 bits per heavy atom. The third-order valence-corrected chi connectivity index (χ3v) is 4.54. The molecule has 0 unspecified atom stereocenters. The fraction of sp³-hybridized carbons (Fsp3) is 0.368. The second-order valence-corrected chi connectivity index (χ2v) is 6.06. The Hall–Kier alpha value is -2.10. The van der Waals surface area contributed by atoms with Gasteiger partial charge in [-0.2, -0.15) is 0 Å². The summed E-state index contributed by atoms with van der Waals surface area (Å²) in [6.07, 6.45) is 3.03. The second kappa shape index (κ2) is 6.99. The van der Waals surface area contributed by atoms with Crippen molar-refractivity contribution in [3.8, 4) is 5.75 Å². The average Bonchev–Trinajstić information content (AvgIpc) is 2.58. The van der Waals surface area contributed by atoms with E-state index in [2.05, 4.69) is 24.3 Å². The molecule has 1 aliphatic rings. The molecule has 2 aromatic carbocycles. The number of piperidine rings is 1. The first-order valence-corrected chi connectivity index (χ1v) is 7.99. The molecule has 0 amide bonds. The van der Waals surface area contributed by atoms with E-state index in [1.165, 1.54) is 18.7 Å². The first kappa shape index (κ1) is 15.8. The molecule has 1 heterocycles. The zero-order chi connectivity index (χ0) is 16.2. The molecule has 0 radical (unpaired) electrons. The summed E-state index contributed by atoms with van der Waals surface area (Å²) in [4.78, 5) is 1.93. The van der Waals surface area contributed by atoms with Crippen LogP contribution in [0.2, 0.25) is 0 Å². The minimum atomic E-state index is -0.518. The van der Waals surface area contributed by atoms with Gasteiger partial charge in [-0.15, -0.1) is 0 Å². The van der Waals surface area contributed by atoms with E-state index in [9.17, 15) is 8.78 Å². The van der Waals surface area contributed by atoms with Crippen molar-refractivity contribution in [2.75, 3.05) is 25.1 Å². The lowest BCUT2D eigenvalue weighted by Crippen LogP contribution is -2.35. The van der Waals surface area contributed by atoms with Crippen LogP contribution in [-0.2, 0) is 6.42 Å². The van der Waals surface area contributed by atoms with E-state index in [1.807, 2.05) is 11.0 Å². The molecule has 0 aliphatic carbocycles. The molecule has 122 valence electrons. The molecule has 4 heteroatoms. The molecule has 23 heavy (non-hydrogen) atoms. The number of halogens is 2. The lowest BCUT2D eigenvalue weighted by atomic mass is 9.90. The van der Waals surface area contributed by atoms with Crippen LogP contribution in [0.25, 0.3) is 0 Å². The quantitative estimate of drug-likeness (QED) is 0.827. The van der Waals surface area contributed by atoms with Gasteiger partial charge in [0.15, 0.2) is 11.6 Å². The average molecular weight is 317 g/mol. The number of rotatable bonds is 4. The third kappa shape index (κ3) is 3.63. The van der Waals surface area contributed by atoms with Crippen LogP contribution < -0.4 is 9.64 Å².